The van der Waals surface area contributed by atoms with E-state index < -0.39 is 5.97 Å². The lowest BCUT2D eigenvalue weighted by Crippen LogP contribution is -2.58. The molecular formula is C19H25NO2. The molecule has 0 saturated heterocycles. The van der Waals surface area contributed by atoms with Gasteiger partial charge in [0.1, 0.15) is 6.04 Å². The molecule has 1 atom stereocenters. The fourth-order valence-electron chi connectivity index (χ4n) is 5.91. The molecule has 0 aromatic heterocycles. The standard InChI is InChI=1S/C19H25NO2/c21-18(22)17(20-12-13-4-2-1-3-5-13)19-9-14-6-15(10-19)8-16(7-14)11-19/h1-5,14-17,20H,6-12H2,(H,21,22)/t14?,15?,16?,17-,19?/m0/s1. The molecule has 0 amide bonds. The van der Waals surface area contributed by atoms with Gasteiger partial charge in [-0.1, -0.05) is 30.3 Å². The van der Waals surface area contributed by atoms with Gasteiger partial charge in [0.05, 0.1) is 0 Å². The Kier molecular flexibility index (Phi) is 3.48. The van der Waals surface area contributed by atoms with E-state index in [4.69, 9.17) is 0 Å². The molecular weight excluding hydrogens is 274 g/mol. The molecule has 2 N–H and O–H groups in total. The summed E-state index contributed by atoms with van der Waals surface area (Å²) in [5.41, 5.74) is 1.17. The van der Waals surface area contributed by atoms with Crippen molar-refractivity contribution in [1.29, 1.82) is 0 Å². The maximum atomic E-state index is 12.0. The van der Waals surface area contributed by atoms with Crippen molar-refractivity contribution >= 4 is 5.97 Å². The van der Waals surface area contributed by atoms with Crippen LogP contribution in [0.3, 0.4) is 0 Å². The summed E-state index contributed by atoms with van der Waals surface area (Å²) in [5, 5.41) is 13.2. The van der Waals surface area contributed by atoms with Crippen LogP contribution in [0.15, 0.2) is 30.3 Å². The molecule has 1 aromatic rings. The highest BCUT2D eigenvalue weighted by atomic mass is 16.4. The number of nitrogens with one attached hydrogen (secondary N) is 1. The van der Waals surface area contributed by atoms with E-state index >= 15 is 0 Å². The minimum Gasteiger partial charge on any atom is -0.480 e. The molecule has 5 rings (SSSR count). The molecule has 3 nitrogen and oxygen atoms in total. The topological polar surface area (TPSA) is 49.3 Å². The fourth-order valence-corrected chi connectivity index (χ4v) is 5.91. The van der Waals surface area contributed by atoms with Crippen molar-refractivity contribution in [3.05, 3.63) is 35.9 Å². The number of hydrogen-bond donors (Lipinski definition) is 2. The third-order valence-corrected chi connectivity index (χ3v) is 6.30. The maximum Gasteiger partial charge on any atom is 0.321 e. The first-order valence-electron chi connectivity index (χ1n) is 8.65. The highest BCUT2D eigenvalue weighted by Crippen LogP contribution is 2.61. The highest BCUT2D eigenvalue weighted by molar-refractivity contribution is 5.75. The minimum atomic E-state index is -0.655. The number of carboxylic acid groups (broad SMARTS) is 1. The summed E-state index contributed by atoms with van der Waals surface area (Å²) in [4.78, 5) is 12.0. The summed E-state index contributed by atoms with van der Waals surface area (Å²) in [5.74, 6) is 1.70. The molecule has 0 spiro atoms. The second-order valence-electron chi connectivity index (χ2n) is 7.92. The Morgan fingerprint density at radius 3 is 2.14 bits per heavy atom. The van der Waals surface area contributed by atoms with Gasteiger partial charge in [0, 0.05) is 6.54 Å². The van der Waals surface area contributed by atoms with Crippen LogP contribution in [-0.4, -0.2) is 17.1 Å². The molecule has 4 fully saturated rings. The first kappa shape index (κ1) is 14.3. The molecule has 4 saturated carbocycles. The van der Waals surface area contributed by atoms with Crippen LogP contribution in [0.1, 0.15) is 44.1 Å². The van der Waals surface area contributed by atoms with Gasteiger partial charge < -0.3 is 5.11 Å². The van der Waals surface area contributed by atoms with Gasteiger partial charge in [-0.3, -0.25) is 10.1 Å². The molecule has 22 heavy (non-hydrogen) atoms. The first-order valence-corrected chi connectivity index (χ1v) is 8.65. The molecule has 3 heteroatoms. The average molecular weight is 299 g/mol. The van der Waals surface area contributed by atoms with Crippen molar-refractivity contribution in [3.63, 3.8) is 0 Å². The third kappa shape index (κ3) is 2.45. The zero-order valence-corrected chi connectivity index (χ0v) is 13.0. The lowest BCUT2D eigenvalue weighted by atomic mass is 9.47. The average Bonchev–Trinajstić information content (AvgIpc) is 2.46. The van der Waals surface area contributed by atoms with Gasteiger partial charge in [-0.25, -0.2) is 0 Å². The van der Waals surface area contributed by atoms with Crippen LogP contribution in [0.5, 0.6) is 0 Å². The maximum absolute atomic E-state index is 12.0. The van der Waals surface area contributed by atoms with Gasteiger partial charge in [0.25, 0.3) is 0 Å². The molecule has 118 valence electrons. The summed E-state index contributed by atoms with van der Waals surface area (Å²) in [7, 11) is 0. The van der Waals surface area contributed by atoms with E-state index in [1.807, 2.05) is 18.2 Å². The van der Waals surface area contributed by atoms with Crippen LogP contribution in [0.4, 0.5) is 0 Å². The lowest BCUT2D eigenvalue weighted by Gasteiger charge is -2.58. The number of carboxylic acids is 1. The zero-order chi connectivity index (χ0) is 15.2. The SMILES string of the molecule is O=C(O)[C@H](NCc1ccccc1)C12CC3CC(CC(C3)C1)C2. The molecule has 4 aliphatic carbocycles. The number of aliphatic carboxylic acids is 1. The van der Waals surface area contributed by atoms with Gasteiger partial charge in [-0.2, -0.15) is 0 Å². The molecule has 4 aliphatic rings. The van der Waals surface area contributed by atoms with Crippen LogP contribution in [0, 0.1) is 23.2 Å². The van der Waals surface area contributed by atoms with Gasteiger partial charge in [-0.15, -0.1) is 0 Å². The first-order chi connectivity index (χ1) is 10.6. The van der Waals surface area contributed by atoms with Crippen molar-refractivity contribution in [2.75, 3.05) is 0 Å². The van der Waals surface area contributed by atoms with E-state index in [1.165, 1.54) is 24.8 Å². The summed E-state index contributed by atoms with van der Waals surface area (Å²) in [6.07, 6.45) is 7.42. The van der Waals surface area contributed by atoms with Crippen molar-refractivity contribution < 1.29 is 9.90 Å². The van der Waals surface area contributed by atoms with Crippen molar-refractivity contribution in [3.8, 4) is 0 Å². The molecule has 1 aromatic carbocycles. The number of carbonyl (C=O) groups is 1. The Balaban J connectivity index is 1.53. The second-order valence-corrected chi connectivity index (χ2v) is 7.92. The number of hydrogen-bond acceptors (Lipinski definition) is 2. The third-order valence-electron chi connectivity index (χ3n) is 6.30. The Bertz CT molecular complexity index is 519. The molecule has 4 bridgehead atoms. The Hall–Kier alpha value is -1.35. The summed E-state index contributed by atoms with van der Waals surface area (Å²) >= 11 is 0. The number of rotatable bonds is 5. The van der Waals surface area contributed by atoms with Crippen LogP contribution < -0.4 is 5.32 Å². The van der Waals surface area contributed by atoms with Crippen molar-refractivity contribution in [1.82, 2.24) is 5.32 Å². The Morgan fingerprint density at radius 1 is 1.09 bits per heavy atom. The van der Waals surface area contributed by atoms with E-state index in [2.05, 4.69) is 17.4 Å². The Morgan fingerprint density at radius 2 is 1.64 bits per heavy atom. The minimum absolute atomic E-state index is 0.00929. The van der Waals surface area contributed by atoms with E-state index in [9.17, 15) is 9.90 Å². The van der Waals surface area contributed by atoms with E-state index in [-0.39, 0.29) is 11.5 Å². The fraction of sp³-hybridized carbons (Fsp3) is 0.632. The Labute approximate surface area is 132 Å². The zero-order valence-electron chi connectivity index (χ0n) is 13.0. The van der Waals surface area contributed by atoms with Gasteiger partial charge in [0.15, 0.2) is 0 Å². The number of benzene rings is 1. The summed E-state index contributed by atoms with van der Waals surface area (Å²) in [6.45, 7) is 0.652. The summed E-state index contributed by atoms with van der Waals surface area (Å²) in [6, 6.07) is 9.75. The highest BCUT2D eigenvalue weighted by Gasteiger charge is 2.55. The molecule has 0 heterocycles. The van der Waals surface area contributed by atoms with Crippen LogP contribution in [0.25, 0.3) is 0 Å². The second kappa shape index (κ2) is 5.38. The van der Waals surface area contributed by atoms with E-state index in [0.717, 1.165) is 37.0 Å². The smallest absolute Gasteiger partial charge is 0.321 e. The lowest BCUT2D eigenvalue weighted by molar-refractivity contribution is -0.151. The predicted octanol–water partition coefficient (Wildman–Crippen LogP) is 3.45. The van der Waals surface area contributed by atoms with Gasteiger partial charge in [0.2, 0.25) is 0 Å². The van der Waals surface area contributed by atoms with Crippen molar-refractivity contribution in [2.45, 2.75) is 51.1 Å². The molecule has 0 aliphatic heterocycles. The van der Waals surface area contributed by atoms with E-state index in [1.54, 1.807) is 0 Å². The molecule has 0 unspecified atom stereocenters. The van der Waals surface area contributed by atoms with Crippen molar-refractivity contribution in [2.24, 2.45) is 23.2 Å². The van der Waals surface area contributed by atoms with Gasteiger partial charge in [-0.05, 0) is 67.3 Å². The summed E-state index contributed by atoms with van der Waals surface area (Å²) < 4.78 is 0. The monoisotopic (exact) mass is 299 g/mol. The predicted molar refractivity (Wildman–Crippen MR) is 85.3 cm³/mol. The van der Waals surface area contributed by atoms with Crippen LogP contribution in [-0.2, 0) is 11.3 Å². The largest absolute Gasteiger partial charge is 0.480 e. The van der Waals surface area contributed by atoms with Crippen LogP contribution in [0.2, 0.25) is 0 Å². The van der Waals surface area contributed by atoms with E-state index in [0.29, 0.717) is 6.54 Å². The normalized spacial score (nSPS) is 37.2. The van der Waals surface area contributed by atoms with Crippen LogP contribution >= 0.6 is 0 Å². The quantitative estimate of drug-likeness (QED) is 0.875. The molecule has 0 radical (unpaired) electrons. The van der Waals surface area contributed by atoms with Gasteiger partial charge >= 0.3 is 5.97 Å².